The Labute approximate surface area is 139 Å². The first kappa shape index (κ1) is 18.6. The average molecular weight is 333 g/mol. The molecule has 0 amide bonds. The first-order valence-electron chi connectivity index (χ1n) is 7.32. The number of nitrogens with zero attached hydrogens (tertiary/aromatic N) is 1. The highest BCUT2D eigenvalue weighted by molar-refractivity contribution is 6.32. The first-order chi connectivity index (χ1) is 9.44. The quantitative estimate of drug-likeness (QED) is 0.913. The van der Waals surface area contributed by atoms with Crippen molar-refractivity contribution in [3.63, 3.8) is 0 Å². The van der Waals surface area contributed by atoms with Gasteiger partial charge in [0.25, 0.3) is 0 Å². The summed E-state index contributed by atoms with van der Waals surface area (Å²) in [5.41, 5.74) is 7.51. The average Bonchev–Trinajstić information content (AvgIpc) is 2.38. The van der Waals surface area contributed by atoms with Crippen molar-refractivity contribution in [3.8, 4) is 5.75 Å². The van der Waals surface area contributed by atoms with Gasteiger partial charge in [-0.25, -0.2) is 0 Å². The summed E-state index contributed by atoms with van der Waals surface area (Å²) in [6.45, 7) is 10.0. The standard InChI is InChI=1S/C16H25ClN2O.ClH/c1-4-20-15-12(6-5-7-13(15)17)10-19-9-8-14(18)16(2,3)11-19;/h5-7,14H,4,8-11,18H2,1-3H3;1H. The zero-order valence-electron chi connectivity index (χ0n) is 13.1. The molecule has 1 aromatic carbocycles. The summed E-state index contributed by atoms with van der Waals surface area (Å²) in [7, 11) is 0. The molecular formula is C16H26Cl2N2O. The predicted molar refractivity (Wildman–Crippen MR) is 91.5 cm³/mol. The highest BCUT2D eigenvalue weighted by Gasteiger charge is 2.33. The van der Waals surface area contributed by atoms with E-state index in [9.17, 15) is 0 Å². The van der Waals surface area contributed by atoms with Crippen molar-refractivity contribution < 1.29 is 4.74 Å². The van der Waals surface area contributed by atoms with Crippen LogP contribution in [0.2, 0.25) is 5.02 Å². The molecule has 0 bridgehead atoms. The molecule has 0 saturated carbocycles. The molecule has 1 aromatic rings. The fourth-order valence-electron chi connectivity index (χ4n) is 2.84. The summed E-state index contributed by atoms with van der Waals surface area (Å²) in [6, 6.07) is 6.25. The van der Waals surface area contributed by atoms with E-state index in [1.165, 1.54) is 0 Å². The summed E-state index contributed by atoms with van der Waals surface area (Å²) >= 11 is 6.24. The highest BCUT2D eigenvalue weighted by atomic mass is 35.5. The van der Waals surface area contributed by atoms with E-state index in [0.717, 1.165) is 37.4 Å². The van der Waals surface area contributed by atoms with Gasteiger partial charge in [0.15, 0.2) is 0 Å². The van der Waals surface area contributed by atoms with Gasteiger partial charge >= 0.3 is 0 Å². The Kier molecular flexibility index (Phi) is 6.79. The van der Waals surface area contributed by atoms with Crippen molar-refractivity contribution in [1.82, 2.24) is 4.90 Å². The smallest absolute Gasteiger partial charge is 0.142 e. The molecule has 1 saturated heterocycles. The maximum atomic E-state index is 6.24. The Bertz CT molecular complexity index is 466. The van der Waals surface area contributed by atoms with Gasteiger partial charge in [-0.2, -0.15) is 0 Å². The second kappa shape index (κ2) is 7.68. The van der Waals surface area contributed by atoms with Crippen molar-refractivity contribution in [2.75, 3.05) is 19.7 Å². The number of ether oxygens (including phenoxy) is 1. The third-order valence-electron chi connectivity index (χ3n) is 4.12. The molecule has 21 heavy (non-hydrogen) atoms. The number of nitrogens with two attached hydrogens (primary N) is 1. The molecule has 0 spiro atoms. The lowest BCUT2D eigenvalue weighted by Gasteiger charge is -2.42. The van der Waals surface area contributed by atoms with Crippen LogP contribution in [0.5, 0.6) is 5.75 Å². The normalized spacial score (nSPS) is 21.7. The molecule has 0 radical (unpaired) electrons. The van der Waals surface area contributed by atoms with Crippen LogP contribution >= 0.6 is 24.0 Å². The van der Waals surface area contributed by atoms with E-state index in [4.69, 9.17) is 22.1 Å². The molecule has 120 valence electrons. The number of benzene rings is 1. The fourth-order valence-corrected chi connectivity index (χ4v) is 3.09. The van der Waals surface area contributed by atoms with Crippen molar-refractivity contribution in [2.45, 2.75) is 39.8 Å². The van der Waals surface area contributed by atoms with Gasteiger partial charge in [-0.05, 0) is 24.8 Å². The lowest BCUT2D eigenvalue weighted by atomic mass is 9.79. The van der Waals surface area contributed by atoms with Crippen LogP contribution in [0.3, 0.4) is 0 Å². The van der Waals surface area contributed by atoms with E-state index in [0.29, 0.717) is 11.6 Å². The van der Waals surface area contributed by atoms with Crippen LogP contribution in [0, 0.1) is 5.41 Å². The second-order valence-electron chi connectivity index (χ2n) is 6.26. The molecule has 5 heteroatoms. The molecule has 1 unspecified atom stereocenters. The summed E-state index contributed by atoms with van der Waals surface area (Å²) in [5.74, 6) is 0.823. The second-order valence-corrected chi connectivity index (χ2v) is 6.66. The lowest BCUT2D eigenvalue weighted by molar-refractivity contribution is 0.0890. The lowest BCUT2D eigenvalue weighted by Crippen LogP contribution is -2.52. The van der Waals surface area contributed by atoms with Crippen molar-refractivity contribution in [1.29, 1.82) is 0 Å². The molecule has 1 aliphatic heterocycles. The fraction of sp³-hybridized carbons (Fsp3) is 0.625. The Morgan fingerprint density at radius 2 is 2.14 bits per heavy atom. The van der Waals surface area contributed by atoms with Gasteiger partial charge in [0.2, 0.25) is 0 Å². The molecule has 1 atom stereocenters. The molecule has 1 aliphatic rings. The number of halogens is 2. The number of hydrogen-bond acceptors (Lipinski definition) is 3. The molecule has 1 heterocycles. The van der Waals surface area contributed by atoms with E-state index >= 15 is 0 Å². The Balaban J connectivity index is 0.00000220. The molecule has 0 aliphatic carbocycles. The predicted octanol–water partition coefficient (Wildman–Crippen LogP) is 3.72. The van der Waals surface area contributed by atoms with Crippen molar-refractivity contribution in [2.24, 2.45) is 11.1 Å². The number of rotatable bonds is 4. The number of piperidine rings is 1. The van der Waals surface area contributed by atoms with Gasteiger partial charge in [-0.1, -0.05) is 37.6 Å². The van der Waals surface area contributed by atoms with Crippen LogP contribution in [0.15, 0.2) is 18.2 Å². The first-order valence-corrected chi connectivity index (χ1v) is 7.70. The monoisotopic (exact) mass is 332 g/mol. The zero-order valence-corrected chi connectivity index (χ0v) is 14.6. The van der Waals surface area contributed by atoms with E-state index in [-0.39, 0.29) is 23.9 Å². The maximum absolute atomic E-state index is 6.24. The molecule has 2 rings (SSSR count). The molecule has 3 nitrogen and oxygen atoms in total. The number of likely N-dealkylation sites (tertiary alicyclic amines) is 1. The van der Waals surface area contributed by atoms with Crippen molar-refractivity contribution in [3.05, 3.63) is 28.8 Å². The summed E-state index contributed by atoms with van der Waals surface area (Å²) in [6.07, 6.45) is 1.04. The topological polar surface area (TPSA) is 38.5 Å². The van der Waals surface area contributed by atoms with Crippen LogP contribution in [-0.2, 0) is 6.54 Å². The number of hydrogen-bond donors (Lipinski definition) is 1. The van der Waals surface area contributed by atoms with Crippen LogP contribution in [-0.4, -0.2) is 30.6 Å². The van der Waals surface area contributed by atoms with Crippen LogP contribution < -0.4 is 10.5 Å². The van der Waals surface area contributed by atoms with Gasteiger partial charge in [-0.15, -0.1) is 12.4 Å². The van der Waals surface area contributed by atoms with Crippen LogP contribution in [0.1, 0.15) is 32.8 Å². The van der Waals surface area contributed by atoms with E-state index in [1.54, 1.807) is 0 Å². The zero-order chi connectivity index (χ0) is 14.8. The van der Waals surface area contributed by atoms with Gasteiger partial charge in [0, 0.05) is 31.2 Å². The minimum Gasteiger partial charge on any atom is -0.492 e. The Morgan fingerprint density at radius 1 is 1.43 bits per heavy atom. The van der Waals surface area contributed by atoms with Gasteiger partial charge in [0.1, 0.15) is 5.75 Å². The Morgan fingerprint density at radius 3 is 2.76 bits per heavy atom. The van der Waals surface area contributed by atoms with Gasteiger partial charge < -0.3 is 10.5 Å². The number of para-hydroxylation sites is 1. The molecule has 1 fully saturated rings. The molecule has 2 N–H and O–H groups in total. The van der Waals surface area contributed by atoms with E-state index in [2.05, 4.69) is 24.8 Å². The maximum Gasteiger partial charge on any atom is 0.142 e. The van der Waals surface area contributed by atoms with Gasteiger partial charge in [0.05, 0.1) is 11.6 Å². The SMILES string of the molecule is CCOc1c(Cl)cccc1CN1CCC(N)C(C)(C)C1.Cl. The van der Waals surface area contributed by atoms with Crippen LogP contribution in [0.25, 0.3) is 0 Å². The Hall–Kier alpha value is -0.480. The van der Waals surface area contributed by atoms with Crippen molar-refractivity contribution >= 4 is 24.0 Å². The third-order valence-corrected chi connectivity index (χ3v) is 4.42. The third kappa shape index (κ3) is 4.49. The highest BCUT2D eigenvalue weighted by Crippen LogP contribution is 2.33. The van der Waals surface area contributed by atoms with Gasteiger partial charge in [-0.3, -0.25) is 4.90 Å². The van der Waals surface area contributed by atoms with Crippen LogP contribution in [0.4, 0.5) is 0 Å². The largest absolute Gasteiger partial charge is 0.492 e. The van der Waals surface area contributed by atoms with E-state index < -0.39 is 0 Å². The minimum absolute atomic E-state index is 0. The summed E-state index contributed by atoms with van der Waals surface area (Å²) in [5, 5.41) is 0.692. The van der Waals surface area contributed by atoms with E-state index in [1.807, 2.05) is 19.1 Å². The molecule has 0 aromatic heterocycles. The molecular weight excluding hydrogens is 307 g/mol. The summed E-state index contributed by atoms with van der Waals surface area (Å²) < 4.78 is 5.70. The summed E-state index contributed by atoms with van der Waals surface area (Å²) in [4.78, 5) is 2.44. The minimum atomic E-state index is 0.